The summed E-state index contributed by atoms with van der Waals surface area (Å²) in [4.78, 5) is 46.8. The number of amides is 1. The molecule has 0 saturated heterocycles. The summed E-state index contributed by atoms with van der Waals surface area (Å²) in [7, 11) is 0. The third kappa shape index (κ3) is 4.49. The topological polar surface area (TPSA) is 90.3 Å². The number of benzene rings is 1. The van der Waals surface area contributed by atoms with E-state index in [9.17, 15) is 14.4 Å². The summed E-state index contributed by atoms with van der Waals surface area (Å²) < 4.78 is 6.83. The maximum absolute atomic E-state index is 13.5. The van der Waals surface area contributed by atoms with Crippen LogP contribution in [0.4, 0.5) is 5.00 Å². The quantitative estimate of drug-likeness (QED) is 0.189. The van der Waals surface area contributed by atoms with Crippen molar-refractivity contribution in [3.8, 4) is 5.69 Å². The lowest BCUT2D eigenvalue weighted by atomic mass is 10.1. The Kier molecular flexibility index (Phi) is 7.00. The number of hydrogen-bond acceptors (Lipinski definition) is 8. The van der Waals surface area contributed by atoms with Gasteiger partial charge in [0.1, 0.15) is 9.83 Å². The fourth-order valence-electron chi connectivity index (χ4n) is 4.38. The number of nitrogens with one attached hydrogen (secondary N) is 1. The number of aryl methyl sites for hydroxylation is 3. The SMILES string of the molecule is CCOC(=O)c1c(NC(=O)CSc2nc3sc(C)c(C)c3c(=O)n2-c2ccccc2)sc2c1CCC2. The molecule has 0 spiro atoms. The Bertz CT molecular complexity index is 1540. The molecular weight excluding hydrogens is 515 g/mol. The van der Waals surface area contributed by atoms with Crippen molar-refractivity contribution in [3.63, 3.8) is 0 Å². The lowest BCUT2D eigenvalue weighted by molar-refractivity contribution is -0.113. The van der Waals surface area contributed by atoms with Gasteiger partial charge in [0.05, 0.1) is 29.0 Å². The van der Waals surface area contributed by atoms with Crippen molar-refractivity contribution in [1.29, 1.82) is 0 Å². The minimum atomic E-state index is -0.395. The minimum Gasteiger partial charge on any atom is -0.462 e. The molecule has 4 aromatic rings. The number of anilines is 1. The van der Waals surface area contributed by atoms with E-state index in [0.29, 0.717) is 31.6 Å². The van der Waals surface area contributed by atoms with Crippen LogP contribution >= 0.6 is 34.4 Å². The number of para-hydroxylation sites is 1. The van der Waals surface area contributed by atoms with E-state index in [-0.39, 0.29) is 23.8 Å². The van der Waals surface area contributed by atoms with E-state index in [4.69, 9.17) is 9.72 Å². The highest BCUT2D eigenvalue weighted by molar-refractivity contribution is 7.99. The zero-order valence-corrected chi connectivity index (χ0v) is 22.6. The molecule has 0 saturated carbocycles. The molecule has 10 heteroatoms. The fourth-order valence-corrected chi connectivity index (χ4v) is 7.56. The van der Waals surface area contributed by atoms with E-state index < -0.39 is 5.97 Å². The number of hydrogen-bond donors (Lipinski definition) is 1. The predicted molar refractivity (Wildman–Crippen MR) is 146 cm³/mol. The summed E-state index contributed by atoms with van der Waals surface area (Å²) in [5.74, 6) is -0.620. The van der Waals surface area contributed by atoms with Gasteiger partial charge in [-0.2, -0.15) is 0 Å². The van der Waals surface area contributed by atoms with Crippen LogP contribution in [0.2, 0.25) is 0 Å². The maximum Gasteiger partial charge on any atom is 0.341 e. The van der Waals surface area contributed by atoms with Crippen molar-refractivity contribution in [2.45, 2.75) is 45.2 Å². The number of ether oxygens (including phenoxy) is 1. The third-order valence-corrected chi connectivity index (χ3v) is 9.42. The van der Waals surface area contributed by atoms with Gasteiger partial charge >= 0.3 is 5.97 Å². The Hall–Kier alpha value is -2.95. The van der Waals surface area contributed by atoms with Gasteiger partial charge in [-0.1, -0.05) is 30.0 Å². The van der Waals surface area contributed by atoms with Crippen LogP contribution in [0.15, 0.2) is 40.3 Å². The predicted octanol–water partition coefficient (Wildman–Crippen LogP) is 5.52. The van der Waals surface area contributed by atoms with Crippen molar-refractivity contribution in [2.24, 2.45) is 0 Å². The molecular formula is C26H25N3O4S3. The van der Waals surface area contributed by atoms with E-state index >= 15 is 0 Å². The number of carbonyl (C=O) groups excluding carboxylic acids is 2. The van der Waals surface area contributed by atoms with Gasteiger partial charge in [-0.3, -0.25) is 14.2 Å². The Labute approximate surface area is 220 Å². The molecule has 0 unspecified atom stereocenters. The first-order valence-corrected chi connectivity index (χ1v) is 14.3. The average molecular weight is 540 g/mol. The van der Waals surface area contributed by atoms with Crippen LogP contribution in [0.1, 0.15) is 44.6 Å². The summed E-state index contributed by atoms with van der Waals surface area (Å²) in [5, 5.41) is 4.52. The Morgan fingerprint density at radius 2 is 1.94 bits per heavy atom. The van der Waals surface area contributed by atoms with Crippen LogP contribution in [0.5, 0.6) is 0 Å². The molecule has 0 atom stereocenters. The molecule has 1 aliphatic carbocycles. The van der Waals surface area contributed by atoms with Crippen molar-refractivity contribution in [3.05, 3.63) is 67.1 Å². The molecule has 3 aromatic heterocycles. The van der Waals surface area contributed by atoms with Gasteiger partial charge in [0, 0.05) is 9.75 Å². The summed E-state index contributed by atoms with van der Waals surface area (Å²) in [6.07, 6.45) is 2.73. The first-order chi connectivity index (χ1) is 17.4. The second kappa shape index (κ2) is 10.2. The number of aromatic nitrogens is 2. The molecule has 0 fully saturated rings. The Balaban J connectivity index is 1.44. The normalized spacial score (nSPS) is 12.6. The number of thioether (sulfide) groups is 1. The van der Waals surface area contributed by atoms with Crippen molar-refractivity contribution >= 4 is 61.5 Å². The maximum atomic E-state index is 13.5. The minimum absolute atomic E-state index is 0.0406. The second-order valence-electron chi connectivity index (χ2n) is 8.45. The highest BCUT2D eigenvalue weighted by Crippen LogP contribution is 2.39. The molecule has 36 heavy (non-hydrogen) atoms. The molecule has 1 aliphatic rings. The van der Waals surface area contributed by atoms with Crippen LogP contribution in [0, 0.1) is 13.8 Å². The standard InChI is InChI=1S/C26H25N3O4S3/c1-4-33-25(32)21-17-11-8-12-18(17)36-23(21)27-19(30)13-34-26-28-22-20(14(2)15(3)35-22)24(31)29(26)16-9-6-5-7-10-16/h5-7,9-10H,4,8,11-13H2,1-3H3,(H,27,30). The van der Waals surface area contributed by atoms with E-state index in [0.717, 1.165) is 40.1 Å². The van der Waals surface area contributed by atoms with E-state index in [1.807, 2.05) is 44.2 Å². The molecule has 186 valence electrons. The van der Waals surface area contributed by atoms with Crippen LogP contribution in [-0.2, 0) is 22.4 Å². The molecule has 5 rings (SSSR count). The molecule has 1 amide bonds. The third-order valence-electron chi connectivity index (χ3n) is 6.17. The van der Waals surface area contributed by atoms with Gasteiger partial charge in [-0.25, -0.2) is 9.78 Å². The van der Waals surface area contributed by atoms with Crippen LogP contribution in [-0.4, -0.2) is 33.8 Å². The van der Waals surface area contributed by atoms with Crippen molar-refractivity contribution in [1.82, 2.24) is 9.55 Å². The van der Waals surface area contributed by atoms with Crippen molar-refractivity contribution in [2.75, 3.05) is 17.7 Å². The molecule has 0 bridgehead atoms. The number of esters is 1. The average Bonchev–Trinajstić information content (AvgIpc) is 3.51. The highest BCUT2D eigenvalue weighted by atomic mass is 32.2. The number of rotatable bonds is 7. The summed E-state index contributed by atoms with van der Waals surface area (Å²) in [6.45, 7) is 5.96. The molecule has 7 nitrogen and oxygen atoms in total. The lowest BCUT2D eigenvalue weighted by Crippen LogP contribution is -2.23. The monoisotopic (exact) mass is 539 g/mol. The summed E-state index contributed by atoms with van der Waals surface area (Å²) in [6, 6.07) is 9.33. The lowest BCUT2D eigenvalue weighted by Gasteiger charge is -2.12. The van der Waals surface area contributed by atoms with Gasteiger partial charge in [-0.15, -0.1) is 22.7 Å². The van der Waals surface area contributed by atoms with Gasteiger partial charge in [0.2, 0.25) is 5.91 Å². The smallest absolute Gasteiger partial charge is 0.341 e. The molecule has 3 heterocycles. The van der Waals surface area contributed by atoms with E-state index in [1.54, 1.807) is 11.5 Å². The van der Waals surface area contributed by atoms with Crippen LogP contribution < -0.4 is 10.9 Å². The number of nitrogens with zero attached hydrogens (tertiary/aromatic N) is 2. The molecule has 0 radical (unpaired) electrons. The van der Waals surface area contributed by atoms with Crippen molar-refractivity contribution < 1.29 is 14.3 Å². The van der Waals surface area contributed by atoms with Gasteiger partial charge in [-0.05, 0) is 63.3 Å². The zero-order chi connectivity index (χ0) is 25.4. The number of carbonyl (C=O) groups is 2. The zero-order valence-electron chi connectivity index (χ0n) is 20.2. The fraction of sp³-hybridized carbons (Fsp3) is 0.308. The van der Waals surface area contributed by atoms with Crippen LogP contribution in [0.25, 0.3) is 15.9 Å². The first kappa shape index (κ1) is 24.7. The van der Waals surface area contributed by atoms with Gasteiger partial charge in [0.15, 0.2) is 5.16 Å². The molecule has 1 aromatic carbocycles. The van der Waals surface area contributed by atoms with Gasteiger partial charge in [0.25, 0.3) is 5.56 Å². The Morgan fingerprint density at radius 3 is 2.69 bits per heavy atom. The first-order valence-electron chi connectivity index (χ1n) is 11.7. The number of thiophene rings is 2. The largest absolute Gasteiger partial charge is 0.462 e. The van der Waals surface area contributed by atoms with E-state index in [1.165, 1.54) is 34.4 Å². The highest BCUT2D eigenvalue weighted by Gasteiger charge is 2.28. The summed E-state index contributed by atoms with van der Waals surface area (Å²) in [5.41, 5.74) is 2.97. The second-order valence-corrected chi connectivity index (χ2v) is 11.7. The van der Waals surface area contributed by atoms with E-state index in [2.05, 4.69) is 5.32 Å². The van der Waals surface area contributed by atoms with Gasteiger partial charge < -0.3 is 10.1 Å². The number of fused-ring (bicyclic) bond motifs is 2. The van der Waals surface area contributed by atoms with Crippen LogP contribution in [0.3, 0.4) is 0 Å². The molecule has 0 aliphatic heterocycles. The molecule has 1 N–H and O–H groups in total. The Morgan fingerprint density at radius 1 is 1.17 bits per heavy atom. The summed E-state index contributed by atoms with van der Waals surface area (Å²) >= 11 is 4.14.